The van der Waals surface area contributed by atoms with E-state index in [-0.39, 0.29) is 11.0 Å². The van der Waals surface area contributed by atoms with Crippen LogP contribution in [-0.4, -0.2) is 30.8 Å². The van der Waals surface area contributed by atoms with Gasteiger partial charge in [0.25, 0.3) is 0 Å². The van der Waals surface area contributed by atoms with Gasteiger partial charge in [0.15, 0.2) is 0 Å². The lowest BCUT2D eigenvalue weighted by atomic mass is 9.86. The molecule has 3 unspecified atom stereocenters. The highest BCUT2D eigenvalue weighted by molar-refractivity contribution is 7.92. The van der Waals surface area contributed by atoms with Crippen LogP contribution in [0.4, 0.5) is 10.3 Å². The summed E-state index contributed by atoms with van der Waals surface area (Å²) in [5, 5.41) is 10.7. The fraction of sp³-hybridized carbons (Fsp3) is 0.750. The van der Waals surface area contributed by atoms with Crippen molar-refractivity contribution >= 4 is 37.5 Å². The summed E-state index contributed by atoms with van der Waals surface area (Å²) in [7, 11) is -3.37. The summed E-state index contributed by atoms with van der Waals surface area (Å²) in [6.45, 7) is 0. The number of rotatable bonds is 5. The van der Waals surface area contributed by atoms with Gasteiger partial charge in [-0.2, -0.15) is 0 Å². The van der Waals surface area contributed by atoms with E-state index in [9.17, 15) is 13.2 Å². The van der Waals surface area contributed by atoms with Gasteiger partial charge in [-0.1, -0.05) is 17.8 Å². The lowest BCUT2D eigenvalue weighted by Gasteiger charge is -2.20. The number of carbonyl (C=O) groups excluding carboxylic acids is 1. The molecule has 2 aliphatic carbocycles. The summed E-state index contributed by atoms with van der Waals surface area (Å²) in [5.74, 6) is 1.96. The standard InChI is InChI=1S/C12H18N4O3S2/c1-21(18,19)16-12-15-14-11(20-12)13-10(17)6-9-5-7-2-3-8(9)4-7/h7-9H,2-6H2,1H3,(H,15,16)(H,13,14,17). The van der Waals surface area contributed by atoms with Gasteiger partial charge >= 0.3 is 0 Å². The van der Waals surface area contributed by atoms with Gasteiger partial charge in [-0.3, -0.25) is 9.52 Å². The maximum absolute atomic E-state index is 12.0. The van der Waals surface area contributed by atoms with Crippen molar-refractivity contribution in [2.24, 2.45) is 17.8 Å². The Bertz CT molecular complexity index is 643. The first-order valence-corrected chi connectivity index (χ1v) is 9.71. The number of aromatic nitrogens is 2. The van der Waals surface area contributed by atoms with Crippen molar-refractivity contribution in [2.45, 2.75) is 32.1 Å². The molecule has 9 heteroatoms. The summed E-state index contributed by atoms with van der Waals surface area (Å²) in [4.78, 5) is 12.0. The van der Waals surface area contributed by atoms with Gasteiger partial charge < -0.3 is 5.32 Å². The van der Waals surface area contributed by atoms with Crippen molar-refractivity contribution in [1.29, 1.82) is 0 Å². The molecule has 116 valence electrons. The smallest absolute Gasteiger partial charge is 0.231 e. The summed E-state index contributed by atoms with van der Waals surface area (Å²) in [5.41, 5.74) is 0. The maximum atomic E-state index is 12.0. The largest absolute Gasteiger partial charge is 0.300 e. The van der Waals surface area contributed by atoms with Crippen molar-refractivity contribution in [3.8, 4) is 0 Å². The van der Waals surface area contributed by atoms with Crippen LogP contribution in [0.3, 0.4) is 0 Å². The third-order valence-electron chi connectivity index (χ3n) is 4.28. The fourth-order valence-electron chi connectivity index (χ4n) is 3.51. The van der Waals surface area contributed by atoms with E-state index >= 15 is 0 Å². The number of hydrogen-bond donors (Lipinski definition) is 2. The molecule has 0 aromatic carbocycles. The third-order valence-corrected chi connectivity index (χ3v) is 5.72. The second-order valence-corrected chi connectivity index (χ2v) is 8.70. The number of amides is 1. The van der Waals surface area contributed by atoms with Crippen LogP contribution < -0.4 is 10.0 Å². The Hall–Kier alpha value is -1.22. The second kappa shape index (κ2) is 5.53. The van der Waals surface area contributed by atoms with Crippen molar-refractivity contribution in [3.63, 3.8) is 0 Å². The Balaban J connectivity index is 1.53. The molecule has 1 aromatic rings. The van der Waals surface area contributed by atoms with Gasteiger partial charge in [0, 0.05) is 6.42 Å². The van der Waals surface area contributed by atoms with E-state index in [2.05, 4.69) is 20.2 Å². The molecular formula is C12H18N4O3S2. The molecule has 2 saturated carbocycles. The molecule has 21 heavy (non-hydrogen) atoms. The molecule has 1 amide bonds. The van der Waals surface area contributed by atoms with Crippen LogP contribution in [0.15, 0.2) is 0 Å². The van der Waals surface area contributed by atoms with Crippen molar-refractivity contribution < 1.29 is 13.2 Å². The second-order valence-electron chi connectivity index (χ2n) is 5.97. The van der Waals surface area contributed by atoms with E-state index in [1.54, 1.807) is 0 Å². The molecule has 0 spiro atoms. The summed E-state index contributed by atoms with van der Waals surface area (Å²) >= 11 is 1.02. The molecule has 0 radical (unpaired) electrons. The third kappa shape index (κ3) is 3.70. The van der Waals surface area contributed by atoms with Gasteiger partial charge in [0.05, 0.1) is 6.26 Å². The van der Waals surface area contributed by atoms with Crippen LogP contribution in [-0.2, 0) is 14.8 Å². The Morgan fingerprint density at radius 3 is 2.67 bits per heavy atom. The highest BCUT2D eigenvalue weighted by Crippen LogP contribution is 2.49. The minimum absolute atomic E-state index is 0.0606. The number of fused-ring (bicyclic) bond motifs is 2. The predicted octanol–water partition coefficient (Wildman–Crippen LogP) is 1.67. The summed E-state index contributed by atoms with van der Waals surface area (Å²) in [6, 6.07) is 0. The zero-order chi connectivity index (χ0) is 15.0. The van der Waals surface area contributed by atoms with E-state index in [0.717, 1.165) is 29.9 Å². The zero-order valence-corrected chi connectivity index (χ0v) is 13.3. The number of nitrogens with zero attached hydrogens (tertiary/aromatic N) is 2. The van der Waals surface area contributed by atoms with Crippen LogP contribution >= 0.6 is 11.3 Å². The summed E-state index contributed by atoms with van der Waals surface area (Å²) in [6.07, 6.45) is 6.58. The Morgan fingerprint density at radius 1 is 1.29 bits per heavy atom. The van der Waals surface area contributed by atoms with Crippen LogP contribution in [0.1, 0.15) is 32.1 Å². The Kier molecular flexibility index (Phi) is 3.87. The number of carbonyl (C=O) groups is 1. The Labute approximate surface area is 127 Å². The highest BCUT2D eigenvalue weighted by Gasteiger charge is 2.40. The SMILES string of the molecule is CS(=O)(=O)Nc1nnc(NC(=O)CC2CC3CCC2C3)s1. The first-order chi connectivity index (χ1) is 9.89. The van der Waals surface area contributed by atoms with E-state index in [1.165, 1.54) is 19.3 Å². The average molecular weight is 330 g/mol. The van der Waals surface area contributed by atoms with E-state index in [0.29, 0.717) is 23.4 Å². The predicted molar refractivity (Wildman–Crippen MR) is 80.6 cm³/mol. The molecule has 2 bridgehead atoms. The number of sulfonamides is 1. The highest BCUT2D eigenvalue weighted by atomic mass is 32.2. The Morgan fingerprint density at radius 2 is 2.05 bits per heavy atom. The molecule has 2 N–H and O–H groups in total. The number of nitrogens with one attached hydrogen (secondary N) is 2. The average Bonchev–Trinajstić information content (AvgIpc) is 3.04. The molecule has 2 fully saturated rings. The quantitative estimate of drug-likeness (QED) is 0.855. The minimum Gasteiger partial charge on any atom is -0.300 e. The van der Waals surface area contributed by atoms with E-state index < -0.39 is 10.0 Å². The van der Waals surface area contributed by atoms with Gasteiger partial charge in [0.1, 0.15) is 0 Å². The lowest BCUT2D eigenvalue weighted by Crippen LogP contribution is -2.20. The van der Waals surface area contributed by atoms with Crippen molar-refractivity contribution in [2.75, 3.05) is 16.3 Å². The molecule has 0 saturated heterocycles. The van der Waals surface area contributed by atoms with Crippen molar-refractivity contribution in [3.05, 3.63) is 0 Å². The fourth-order valence-corrected chi connectivity index (χ4v) is 5.00. The molecule has 7 nitrogen and oxygen atoms in total. The monoisotopic (exact) mass is 330 g/mol. The lowest BCUT2D eigenvalue weighted by molar-refractivity contribution is -0.117. The molecule has 3 atom stereocenters. The topological polar surface area (TPSA) is 101 Å². The molecule has 1 aromatic heterocycles. The molecule has 0 aliphatic heterocycles. The maximum Gasteiger partial charge on any atom is 0.231 e. The number of anilines is 2. The zero-order valence-electron chi connectivity index (χ0n) is 11.7. The molecular weight excluding hydrogens is 312 g/mol. The van der Waals surface area contributed by atoms with Gasteiger partial charge in [-0.05, 0) is 37.0 Å². The molecule has 3 rings (SSSR count). The summed E-state index contributed by atoms with van der Waals surface area (Å²) < 4.78 is 24.4. The van der Waals surface area contributed by atoms with E-state index in [4.69, 9.17) is 0 Å². The van der Waals surface area contributed by atoms with Crippen LogP contribution in [0.25, 0.3) is 0 Å². The van der Waals surface area contributed by atoms with Gasteiger partial charge in [-0.15, -0.1) is 10.2 Å². The number of hydrogen-bond acceptors (Lipinski definition) is 6. The first kappa shape index (κ1) is 14.7. The van der Waals surface area contributed by atoms with Crippen molar-refractivity contribution in [1.82, 2.24) is 10.2 Å². The molecule has 1 heterocycles. The normalized spacial score (nSPS) is 27.8. The van der Waals surface area contributed by atoms with Crippen LogP contribution in [0.5, 0.6) is 0 Å². The molecule has 2 aliphatic rings. The van der Waals surface area contributed by atoms with Gasteiger partial charge in [-0.25, -0.2) is 8.42 Å². The van der Waals surface area contributed by atoms with Gasteiger partial charge in [0.2, 0.25) is 26.2 Å². The minimum atomic E-state index is -3.37. The van der Waals surface area contributed by atoms with Crippen LogP contribution in [0.2, 0.25) is 0 Å². The van der Waals surface area contributed by atoms with E-state index in [1.807, 2.05) is 0 Å². The first-order valence-electron chi connectivity index (χ1n) is 7.00. The van der Waals surface area contributed by atoms with Crippen LogP contribution in [0, 0.1) is 17.8 Å².